The van der Waals surface area contributed by atoms with E-state index < -0.39 is 0 Å². The molecule has 2 aliphatic rings. The number of piperazine rings is 1. The lowest BCUT2D eigenvalue weighted by Crippen LogP contribution is -2.52. The Morgan fingerprint density at radius 2 is 2.07 bits per heavy atom. The minimum atomic E-state index is 0.549. The first-order valence-corrected chi connectivity index (χ1v) is 10.0. The number of fused-ring (bicyclic) bond motifs is 1. The van der Waals surface area contributed by atoms with Crippen LogP contribution < -0.4 is 10.2 Å². The lowest BCUT2D eigenvalue weighted by atomic mass is 10.1. The Morgan fingerprint density at radius 3 is 2.86 bits per heavy atom. The molecule has 3 aromatic heterocycles. The molecule has 2 fully saturated rings. The largest absolute Gasteiger partial charge is 0.337 e. The number of hydrogen-bond acceptors (Lipinski definition) is 7. The highest BCUT2D eigenvalue weighted by Crippen LogP contribution is 2.34. The predicted molar refractivity (Wildman–Crippen MR) is 109 cm³/mol. The molecule has 29 heavy (non-hydrogen) atoms. The molecule has 0 spiro atoms. The highest BCUT2D eigenvalue weighted by Gasteiger charge is 2.34. The van der Waals surface area contributed by atoms with E-state index in [1.807, 2.05) is 41.5 Å². The molecule has 6 rings (SSSR count). The summed E-state index contributed by atoms with van der Waals surface area (Å²) in [6.45, 7) is 2.84. The zero-order valence-electron chi connectivity index (χ0n) is 15.9. The molecular weight excluding hydrogens is 366 g/mol. The summed E-state index contributed by atoms with van der Waals surface area (Å²) >= 11 is 0. The third-order valence-corrected chi connectivity index (χ3v) is 5.85. The summed E-state index contributed by atoms with van der Waals surface area (Å²) in [7, 11) is 0. The van der Waals surface area contributed by atoms with Crippen LogP contribution in [0.1, 0.15) is 12.8 Å². The van der Waals surface area contributed by atoms with Crippen LogP contribution in [0.15, 0.2) is 43.0 Å². The summed E-state index contributed by atoms with van der Waals surface area (Å²) in [5.41, 5.74) is 3.54. The van der Waals surface area contributed by atoms with Crippen molar-refractivity contribution in [2.45, 2.75) is 18.9 Å². The van der Waals surface area contributed by atoms with E-state index in [4.69, 9.17) is 0 Å². The molecule has 4 aromatic rings. The van der Waals surface area contributed by atoms with E-state index in [-0.39, 0.29) is 0 Å². The third kappa shape index (κ3) is 2.94. The minimum absolute atomic E-state index is 0.549. The Morgan fingerprint density at radius 1 is 1.10 bits per heavy atom. The topological polar surface area (TPSA) is 100 Å². The van der Waals surface area contributed by atoms with Crippen molar-refractivity contribution in [1.82, 2.24) is 40.5 Å². The maximum absolute atomic E-state index is 4.63. The van der Waals surface area contributed by atoms with Gasteiger partial charge in [-0.05, 0) is 37.0 Å². The van der Waals surface area contributed by atoms with Gasteiger partial charge in [-0.25, -0.2) is 9.67 Å². The molecule has 1 saturated heterocycles. The number of hydrogen-bond donors (Lipinski definition) is 2. The summed E-state index contributed by atoms with van der Waals surface area (Å²) in [5.74, 6) is 1.52. The van der Waals surface area contributed by atoms with Gasteiger partial charge in [-0.15, -0.1) is 10.2 Å². The molecule has 9 nitrogen and oxygen atoms in total. The molecule has 0 radical (unpaired) electrons. The van der Waals surface area contributed by atoms with Gasteiger partial charge in [0, 0.05) is 49.0 Å². The van der Waals surface area contributed by atoms with Crippen LogP contribution in [0.5, 0.6) is 0 Å². The van der Waals surface area contributed by atoms with Crippen molar-refractivity contribution in [3.8, 4) is 16.9 Å². The third-order valence-electron chi connectivity index (χ3n) is 5.85. The van der Waals surface area contributed by atoms with Gasteiger partial charge in [0.15, 0.2) is 0 Å². The second-order valence-corrected chi connectivity index (χ2v) is 7.73. The van der Waals surface area contributed by atoms with Gasteiger partial charge in [0.05, 0.1) is 23.6 Å². The molecule has 4 heterocycles. The second kappa shape index (κ2) is 6.63. The minimum Gasteiger partial charge on any atom is -0.337 e. The van der Waals surface area contributed by atoms with Crippen molar-refractivity contribution in [3.63, 3.8) is 0 Å². The zero-order chi connectivity index (χ0) is 19.2. The van der Waals surface area contributed by atoms with E-state index in [0.29, 0.717) is 12.0 Å². The van der Waals surface area contributed by atoms with Gasteiger partial charge < -0.3 is 10.2 Å². The van der Waals surface area contributed by atoms with Crippen LogP contribution in [-0.4, -0.2) is 60.8 Å². The van der Waals surface area contributed by atoms with Crippen molar-refractivity contribution < 1.29 is 0 Å². The monoisotopic (exact) mass is 387 g/mol. The van der Waals surface area contributed by atoms with Gasteiger partial charge in [-0.2, -0.15) is 10.2 Å². The maximum atomic E-state index is 4.63. The highest BCUT2D eigenvalue weighted by atomic mass is 15.3. The van der Waals surface area contributed by atoms with E-state index in [0.717, 1.165) is 53.4 Å². The van der Waals surface area contributed by atoms with Crippen LogP contribution in [0.25, 0.3) is 27.8 Å². The average Bonchev–Trinajstić information content (AvgIpc) is 3.26. The van der Waals surface area contributed by atoms with Gasteiger partial charge in [0.25, 0.3) is 0 Å². The highest BCUT2D eigenvalue weighted by molar-refractivity contribution is 5.97. The number of rotatable bonds is 4. The lowest BCUT2D eigenvalue weighted by molar-refractivity contribution is 0.414. The number of aromatic amines is 1. The summed E-state index contributed by atoms with van der Waals surface area (Å²) in [6, 6.07) is 6.48. The molecule has 1 saturated carbocycles. The van der Waals surface area contributed by atoms with Gasteiger partial charge in [-0.1, -0.05) is 0 Å². The zero-order valence-corrected chi connectivity index (χ0v) is 15.9. The summed E-state index contributed by atoms with van der Waals surface area (Å²) in [6.07, 6.45) is 9.95. The van der Waals surface area contributed by atoms with Gasteiger partial charge in [0.2, 0.25) is 5.95 Å². The van der Waals surface area contributed by atoms with Crippen LogP contribution in [0.4, 0.5) is 5.95 Å². The fourth-order valence-corrected chi connectivity index (χ4v) is 4.16. The molecule has 0 unspecified atom stereocenters. The van der Waals surface area contributed by atoms with Crippen molar-refractivity contribution in [2.75, 3.05) is 24.5 Å². The predicted octanol–water partition coefficient (Wildman–Crippen LogP) is 1.79. The quantitative estimate of drug-likeness (QED) is 0.551. The number of anilines is 1. The van der Waals surface area contributed by atoms with E-state index in [2.05, 4.69) is 40.7 Å². The van der Waals surface area contributed by atoms with Crippen LogP contribution >= 0.6 is 0 Å². The first kappa shape index (κ1) is 16.6. The normalized spacial score (nSPS) is 19.7. The lowest BCUT2D eigenvalue weighted by Gasteiger charge is -2.33. The van der Waals surface area contributed by atoms with Crippen LogP contribution in [0.3, 0.4) is 0 Å². The van der Waals surface area contributed by atoms with Crippen molar-refractivity contribution in [2.24, 2.45) is 5.92 Å². The molecule has 1 aliphatic heterocycles. The number of benzene rings is 1. The molecule has 1 atom stereocenters. The Labute approximate surface area is 167 Å². The van der Waals surface area contributed by atoms with E-state index in [1.54, 1.807) is 6.20 Å². The Bertz CT molecular complexity index is 1130. The first-order chi connectivity index (χ1) is 14.4. The van der Waals surface area contributed by atoms with E-state index in [9.17, 15) is 0 Å². The van der Waals surface area contributed by atoms with Crippen LogP contribution in [0.2, 0.25) is 0 Å². The number of nitrogens with one attached hydrogen (secondary N) is 2. The summed E-state index contributed by atoms with van der Waals surface area (Å²) in [4.78, 5) is 6.87. The average molecular weight is 387 g/mol. The summed E-state index contributed by atoms with van der Waals surface area (Å²) in [5, 5.41) is 25.2. The molecule has 1 aliphatic carbocycles. The number of nitrogens with zero attached hydrogens (tertiary/aromatic N) is 7. The van der Waals surface area contributed by atoms with Gasteiger partial charge in [-0.3, -0.25) is 5.10 Å². The van der Waals surface area contributed by atoms with Crippen molar-refractivity contribution in [1.29, 1.82) is 0 Å². The van der Waals surface area contributed by atoms with E-state index >= 15 is 0 Å². The van der Waals surface area contributed by atoms with Gasteiger partial charge in [0.1, 0.15) is 5.69 Å². The molecule has 1 aromatic carbocycles. The van der Waals surface area contributed by atoms with Crippen molar-refractivity contribution in [3.05, 3.63) is 43.0 Å². The molecule has 9 heteroatoms. The van der Waals surface area contributed by atoms with Crippen LogP contribution in [-0.2, 0) is 0 Å². The number of aromatic nitrogens is 7. The second-order valence-electron chi connectivity index (χ2n) is 7.73. The Kier molecular flexibility index (Phi) is 3.80. The summed E-state index contributed by atoms with van der Waals surface area (Å²) < 4.78 is 1.82. The standard InChI is InChI=1S/C20H21N9/c1-6-24-29(8-1)18-5-4-14(15-10-23-26-19(15)18)16-11-22-20(27-25-16)28-9-7-21-17(12-28)13-2-3-13/h1,4-6,8,10-11,13,17,21H,2-3,7,9,12H2,(H,23,26)/t17-/m0/s1. The smallest absolute Gasteiger partial charge is 0.245 e. The Hall–Kier alpha value is -3.33. The maximum Gasteiger partial charge on any atom is 0.245 e. The van der Waals surface area contributed by atoms with E-state index in [1.165, 1.54) is 12.8 Å². The SMILES string of the molecule is c1cnn(-c2ccc(-c3cnc(N4CCN[C@H](C5CC5)C4)nn3)c3cn[nH]c23)c1. The molecule has 0 amide bonds. The fourth-order valence-electron chi connectivity index (χ4n) is 4.16. The Balaban J connectivity index is 1.31. The molecule has 146 valence electrons. The fraction of sp³-hybridized carbons (Fsp3) is 0.350. The van der Waals surface area contributed by atoms with Gasteiger partial charge >= 0.3 is 0 Å². The molecule has 0 bridgehead atoms. The van der Waals surface area contributed by atoms with Crippen molar-refractivity contribution >= 4 is 16.9 Å². The molecular formula is C20H21N9. The number of H-pyrrole nitrogens is 1. The first-order valence-electron chi connectivity index (χ1n) is 10.0. The molecule has 2 N–H and O–H groups in total. The van der Waals surface area contributed by atoms with Crippen LogP contribution in [0, 0.1) is 5.92 Å².